The van der Waals surface area contributed by atoms with E-state index in [0.29, 0.717) is 22.0 Å². The lowest BCUT2D eigenvalue weighted by Gasteiger charge is -2.31. The van der Waals surface area contributed by atoms with Crippen molar-refractivity contribution in [2.75, 3.05) is 25.0 Å². The first-order valence-electron chi connectivity index (χ1n) is 10.8. The van der Waals surface area contributed by atoms with Gasteiger partial charge < -0.3 is 5.32 Å². The number of hydrogen-bond acceptors (Lipinski definition) is 4. The number of likely N-dealkylation sites (tertiary alicyclic amines) is 1. The second kappa shape index (κ2) is 11.3. The lowest BCUT2D eigenvalue weighted by Crippen LogP contribution is -2.33. The van der Waals surface area contributed by atoms with Gasteiger partial charge in [0.15, 0.2) is 11.0 Å². The number of carbonyl (C=O) groups is 1. The molecule has 0 aliphatic carbocycles. The predicted molar refractivity (Wildman–Crippen MR) is 135 cm³/mol. The zero-order valence-electron chi connectivity index (χ0n) is 18.1. The number of nitrogens with zero attached hydrogens (tertiary/aromatic N) is 3. The molecule has 2 aromatic heterocycles. The monoisotopic (exact) mass is 518 g/mol. The Morgan fingerprint density at radius 3 is 2.56 bits per heavy atom. The molecule has 1 saturated heterocycles. The first kappa shape index (κ1) is 24.6. The van der Waals surface area contributed by atoms with Gasteiger partial charge in [0.25, 0.3) is 5.91 Å². The van der Waals surface area contributed by atoms with Crippen molar-refractivity contribution in [3.05, 3.63) is 92.7 Å². The fraction of sp³-hybridized carbons (Fsp3) is 0.240. The molecule has 0 radical (unpaired) electrons. The van der Waals surface area contributed by atoms with Crippen LogP contribution in [0, 0.1) is 5.82 Å². The Bertz CT molecular complexity index is 1200. The van der Waals surface area contributed by atoms with Crippen LogP contribution in [0.1, 0.15) is 40.4 Å². The van der Waals surface area contributed by atoms with Gasteiger partial charge in [-0.05, 0) is 55.8 Å². The van der Waals surface area contributed by atoms with Crippen LogP contribution >= 0.6 is 34.8 Å². The minimum Gasteiger partial charge on any atom is -0.320 e. The minimum absolute atomic E-state index is 0.0472. The van der Waals surface area contributed by atoms with Crippen LogP contribution < -0.4 is 5.32 Å². The SMILES string of the molecule is O=C(Nc1cc(F)c(Cl)nc1C1CCN(CC=Cc2ccc(Cl)cc2)CC1)c1ccnc(Cl)c1. The number of anilines is 1. The third-order valence-electron chi connectivity index (χ3n) is 5.72. The molecule has 3 heterocycles. The summed E-state index contributed by atoms with van der Waals surface area (Å²) >= 11 is 17.8. The van der Waals surface area contributed by atoms with Crippen molar-refractivity contribution in [1.82, 2.24) is 14.9 Å². The summed E-state index contributed by atoms with van der Waals surface area (Å²) in [5.74, 6) is -1.05. The van der Waals surface area contributed by atoms with Crippen molar-refractivity contribution < 1.29 is 9.18 Å². The molecule has 34 heavy (non-hydrogen) atoms. The Kier molecular flexibility index (Phi) is 8.16. The lowest BCUT2D eigenvalue weighted by molar-refractivity contribution is 0.102. The topological polar surface area (TPSA) is 58.1 Å². The highest BCUT2D eigenvalue weighted by Gasteiger charge is 2.25. The average Bonchev–Trinajstić information content (AvgIpc) is 2.83. The van der Waals surface area contributed by atoms with E-state index in [0.717, 1.165) is 38.0 Å². The van der Waals surface area contributed by atoms with Gasteiger partial charge in [0, 0.05) is 35.3 Å². The summed E-state index contributed by atoms with van der Waals surface area (Å²) < 4.78 is 14.2. The summed E-state index contributed by atoms with van der Waals surface area (Å²) in [7, 11) is 0. The summed E-state index contributed by atoms with van der Waals surface area (Å²) in [6, 6.07) is 11.9. The summed E-state index contributed by atoms with van der Waals surface area (Å²) in [5, 5.41) is 3.48. The lowest BCUT2D eigenvalue weighted by atomic mass is 9.92. The Morgan fingerprint density at radius 1 is 1.12 bits per heavy atom. The van der Waals surface area contributed by atoms with Crippen molar-refractivity contribution in [3.8, 4) is 0 Å². The second-order valence-electron chi connectivity index (χ2n) is 8.04. The highest BCUT2D eigenvalue weighted by molar-refractivity contribution is 6.30. The molecule has 9 heteroatoms. The number of hydrogen-bond donors (Lipinski definition) is 1. The van der Waals surface area contributed by atoms with Gasteiger partial charge in [0.05, 0.1) is 11.4 Å². The number of benzene rings is 1. The van der Waals surface area contributed by atoms with E-state index in [9.17, 15) is 9.18 Å². The van der Waals surface area contributed by atoms with E-state index < -0.39 is 11.7 Å². The number of aromatic nitrogens is 2. The average molecular weight is 520 g/mol. The van der Waals surface area contributed by atoms with Gasteiger partial charge in [-0.15, -0.1) is 0 Å². The number of nitrogens with one attached hydrogen (secondary N) is 1. The molecule has 1 aliphatic rings. The van der Waals surface area contributed by atoms with Gasteiger partial charge in [-0.25, -0.2) is 14.4 Å². The van der Waals surface area contributed by atoms with E-state index in [4.69, 9.17) is 34.8 Å². The van der Waals surface area contributed by atoms with Crippen molar-refractivity contribution in [2.24, 2.45) is 0 Å². The number of pyridine rings is 2. The Hall–Kier alpha value is -2.51. The van der Waals surface area contributed by atoms with Gasteiger partial charge >= 0.3 is 0 Å². The van der Waals surface area contributed by atoms with Gasteiger partial charge in [-0.2, -0.15) is 0 Å². The van der Waals surface area contributed by atoms with Crippen LogP contribution in [0.15, 0.2) is 54.7 Å². The number of carbonyl (C=O) groups excluding carboxylic acids is 1. The minimum atomic E-state index is -0.682. The molecule has 0 unspecified atom stereocenters. The molecular weight excluding hydrogens is 498 g/mol. The number of rotatable bonds is 6. The van der Waals surface area contributed by atoms with E-state index in [-0.39, 0.29) is 16.2 Å². The van der Waals surface area contributed by atoms with Gasteiger partial charge in [-0.3, -0.25) is 9.69 Å². The summed E-state index contributed by atoms with van der Waals surface area (Å²) in [5.41, 5.74) is 2.33. The zero-order valence-corrected chi connectivity index (χ0v) is 20.4. The van der Waals surface area contributed by atoms with E-state index >= 15 is 0 Å². The first-order valence-corrected chi connectivity index (χ1v) is 12.0. The normalized spacial score (nSPS) is 15.1. The molecule has 4 rings (SSSR count). The molecule has 0 atom stereocenters. The van der Waals surface area contributed by atoms with E-state index in [1.54, 1.807) is 0 Å². The van der Waals surface area contributed by atoms with Crippen LogP contribution in [-0.4, -0.2) is 40.4 Å². The molecule has 1 aromatic carbocycles. The van der Waals surface area contributed by atoms with Crippen LogP contribution in [0.2, 0.25) is 15.3 Å². The smallest absolute Gasteiger partial charge is 0.255 e. The molecule has 176 valence electrons. The highest BCUT2D eigenvalue weighted by Crippen LogP contribution is 2.34. The molecule has 0 bridgehead atoms. The van der Waals surface area contributed by atoms with Crippen molar-refractivity contribution in [3.63, 3.8) is 0 Å². The van der Waals surface area contributed by atoms with E-state index in [2.05, 4.69) is 32.3 Å². The van der Waals surface area contributed by atoms with Crippen molar-refractivity contribution in [1.29, 1.82) is 0 Å². The van der Waals surface area contributed by atoms with E-state index in [1.165, 1.54) is 24.4 Å². The zero-order chi connectivity index (χ0) is 24.1. The Balaban J connectivity index is 1.41. The quantitative estimate of drug-likeness (QED) is 0.367. The van der Waals surface area contributed by atoms with Crippen LogP contribution in [0.25, 0.3) is 6.08 Å². The summed E-state index contributed by atoms with van der Waals surface area (Å²) in [6.07, 6.45) is 7.27. The van der Waals surface area contributed by atoms with Crippen LogP contribution in [0.3, 0.4) is 0 Å². The van der Waals surface area contributed by atoms with Gasteiger partial charge in [-0.1, -0.05) is 59.1 Å². The number of amides is 1. The molecule has 1 fully saturated rings. The number of halogens is 4. The maximum absolute atomic E-state index is 14.2. The maximum Gasteiger partial charge on any atom is 0.255 e. The summed E-state index contributed by atoms with van der Waals surface area (Å²) in [6.45, 7) is 2.51. The fourth-order valence-electron chi connectivity index (χ4n) is 3.93. The molecule has 0 spiro atoms. The van der Waals surface area contributed by atoms with E-state index in [1.807, 2.05) is 24.3 Å². The van der Waals surface area contributed by atoms with Crippen LogP contribution in [0.4, 0.5) is 10.1 Å². The van der Waals surface area contributed by atoms with Crippen molar-refractivity contribution in [2.45, 2.75) is 18.8 Å². The fourth-order valence-corrected chi connectivity index (χ4v) is 4.38. The maximum atomic E-state index is 14.2. The molecule has 1 N–H and O–H groups in total. The molecule has 0 saturated carbocycles. The van der Waals surface area contributed by atoms with Crippen LogP contribution in [0.5, 0.6) is 0 Å². The molecular formula is C25H22Cl3FN4O. The predicted octanol–water partition coefficient (Wildman–Crippen LogP) is 6.72. The van der Waals surface area contributed by atoms with Gasteiger partial charge in [0.1, 0.15) is 5.15 Å². The Labute approximate surface area is 212 Å². The largest absolute Gasteiger partial charge is 0.320 e. The molecule has 1 amide bonds. The molecule has 1 aliphatic heterocycles. The molecule has 5 nitrogen and oxygen atoms in total. The van der Waals surface area contributed by atoms with Crippen molar-refractivity contribution >= 4 is 52.5 Å². The third-order valence-corrected chi connectivity index (χ3v) is 6.44. The summed E-state index contributed by atoms with van der Waals surface area (Å²) in [4.78, 5) is 23.2. The highest BCUT2D eigenvalue weighted by atomic mass is 35.5. The Morgan fingerprint density at radius 2 is 1.85 bits per heavy atom. The van der Waals surface area contributed by atoms with Gasteiger partial charge in [0.2, 0.25) is 0 Å². The standard InChI is InChI=1S/C25H22Cl3FN4O/c26-19-5-3-16(4-6-19)2-1-11-33-12-8-17(9-13-33)23-21(15-20(29)24(28)32-23)31-25(34)18-7-10-30-22(27)14-18/h1-7,10,14-15,17H,8-9,11-13H2,(H,31,34). The first-order chi connectivity index (χ1) is 16.4. The second-order valence-corrected chi connectivity index (χ2v) is 9.23. The third kappa shape index (κ3) is 6.33. The number of piperidine rings is 1. The van der Waals surface area contributed by atoms with Crippen LogP contribution in [-0.2, 0) is 0 Å². The molecule has 3 aromatic rings.